The van der Waals surface area contributed by atoms with Gasteiger partial charge in [-0.05, 0) is 18.6 Å². The van der Waals surface area contributed by atoms with E-state index in [0.29, 0.717) is 0 Å². The van der Waals surface area contributed by atoms with Gasteiger partial charge in [-0.25, -0.2) is 18.1 Å². The first-order chi connectivity index (χ1) is 9.03. The van der Waals surface area contributed by atoms with Crippen molar-refractivity contribution in [1.82, 2.24) is 9.71 Å². The second-order valence-electron chi connectivity index (χ2n) is 3.78. The Morgan fingerprint density at radius 2 is 2.32 bits per heavy atom. The van der Waals surface area contributed by atoms with Crippen LogP contribution in [0.1, 0.15) is 12.1 Å². The molecule has 1 aromatic heterocycles. The van der Waals surface area contributed by atoms with Crippen molar-refractivity contribution in [2.45, 2.75) is 17.4 Å². The van der Waals surface area contributed by atoms with Gasteiger partial charge in [0.25, 0.3) is 0 Å². The topological polar surface area (TPSA) is 112 Å². The molecule has 0 spiro atoms. The van der Waals surface area contributed by atoms with Gasteiger partial charge in [0.05, 0.1) is 6.61 Å². The van der Waals surface area contributed by atoms with Gasteiger partial charge < -0.3 is 9.84 Å². The highest BCUT2D eigenvalue weighted by Gasteiger charge is 2.20. The average molecular weight is 285 g/mol. The molecule has 1 rings (SSSR count). The van der Waals surface area contributed by atoms with Crippen molar-refractivity contribution in [2.24, 2.45) is 0 Å². The molecule has 7 nitrogen and oxygen atoms in total. The zero-order valence-electron chi connectivity index (χ0n) is 10.4. The van der Waals surface area contributed by atoms with Gasteiger partial charge in [0.15, 0.2) is 0 Å². The minimum absolute atomic E-state index is 0.0365. The lowest BCUT2D eigenvalue weighted by atomic mass is 10.2. The highest BCUT2D eigenvalue weighted by molar-refractivity contribution is 7.89. The summed E-state index contributed by atoms with van der Waals surface area (Å²) in [6.07, 6.45) is 1.36. The Hall–Kier alpha value is -1.53. The summed E-state index contributed by atoms with van der Waals surface area (Å²) in [4.78, 5) is 3.67. The number of nitrogens with zero attached hydrogens (tertiary/aromatic N) is 2. The Morgan fingerprint density at radius 1 is 1.58 bits per heavy atom. The third-order valence-corrected chi connectivity index (χ3v) is 3.83. The van der Waals surface area contributed by atoms with Crippen molar-refractivity contribution < 1.29 is 18.3 Å². The number of aliphatic hydroxyl groups excluding tert-OH is 1. The SMILES string of the molecule is COCC(CCO)NS(=O)(=O)c1ccc(C#N)nc1. The van der Waals surface area contributed by atoms with Crippen molar-refractivity contribution in [3.63, 3.8) is 0 Å². The van der Waals surface area contributed by atoms with E-state index in [4.69, 9.17) is 15.1 Å². The second-order valence-corrected chi connectivity index (χ2v) is 5.49. The van der Waals surface area contributed by atoms with Crippen LogP contribution in [0, 0.1) is 11.3 Å². The number of ether oxygens (including phenoxy) is 1. The first-order valence-corrected chi connectivity index (χ1v) is 7.00. The van der Waals surface area contributed by atoms with Crippen molar-refractivity contribution >= 4 is 10.0 Å². The molecule has 0 fully saturated rings. The molecule has 0 aliphatic heterocycles. The largest absolute Gasteiger partial charge is 0.396 e. The summed E-state index contributed by atoms with van der Waals surface area (Å²) in [5.41, 5.74) is 0.141. The highest BCUT2D eigenvalue weighted by atomic mass is 32.2. The van der Waals surface area contributed by atoms with Crippen molar-refractivity contribution in [2.75, 3.05) is 20.3 Å². The van der Waals surface area contributed by atoms with Crippen LogP contribution in [0.15, 0.2) is 23.2 Å². The van der Waals surface area contributed by atoms with Crippen molar-refractivity contribution in [1.29, 1.82) is 5.26 Å². The Bertz CT molecular complexity index is 530. The van der Waals surface area contributed by atoms with Gasteiger partial charge in [-0.15, -0.1) is 0 Å². The van der Waals surface area contributed by atoms with E-state index in [-0.39, 0.29) is 30.2 Å². The van der Waals surface area contributed by atoms with Crippen LogP contribution in [0.5, 0.6) is 0 Å². The number of hydrogen-bond acceptors (Lipinski definition) is 6. The first-order valence-electron chi connectivity index (χ1n) is 5.51. The quantitative estimate of drug-likeness (QED) is 0.706. The van der Waals surface area contributed by atoms with Crippen molar-refractivity contribution in [3.8, 4) is 6.07 Å². The molecular formula is C11H15N3O4S. The van der Waals surface area contributed by atoms with Gasteiger partial charge in [0.2, 0.25) is 10.0 Å². The standard InChI is InChI=1S/C11H15N3O4S/c1-18-8-10(4-5-15)14-19(16,17)11-3-2-9(6-12)13-7-11/h2-3,7,10,14-15H,4-5,8H2,1H3. The van der Waals surface area contributed by atoms with Gasteiger partial charge in [-0.2, -0.15) is 5.26 Å². The van der Waals surface area contributed by atoms with Crippen LogP contribution in [0.3, 0.4) is 0 Å². The molecule has 0 aromatic carbocycles. The summed E-state index contributed by atoms with van der Waals surface area (Å²) < 4.78 is 31.3. The molecule has 0 bridgehead atoms. The van der Waals surface area contributed by atoms with Crippen molar-refractivity contribution in [3.05, 3.63) is 24.0 Å². The van der Waals surface area contributed by atoms with E-state index in [2.05, 4.69) is 9.71 Å². The second kappa shape index (κ2) is 7.16. The third-order valence-electron chi connectivity index (χ3n) is 2.33. The number of nitrogens with one attached hydrogen (secondary N) is 1. The van der Waals surface area contributed by atoms with E-state index < -0.39 is 16.1 Å². The number of aliphatic hydroxyl groups is 1. The minimum Gasteiger partial charge on any atom is -0.396 e. The fourth-order valence-corrected chi connectivity index (χ4v) is 2.63. The van der Waals surface area contributed by atoms with E-state index in [0.717, 1.165) is 6.20 Å². The van der Waals surface area contributed by atoms with E-state index >= 15 is 0 Å². The summed E-state index contributed by atoms with van der Waals surface area (Å²) in [6.45, 7) is 0.00562. The number of sulfonamides is 1. The zero-order valence-corrected chi connectivity index (χ0v) is 11.2. The molecule has 1 heterocycles. The van der Waals surface area contributed by atoms with E-state index in [1.54, 1.807) is 0 Å². The maximum Gasteiger partial charge on any atom is 0.242 e. The summed E-state index contributed by atoms with van der Waals surface area (Å²) >= 11 is 0. The minimum atomic E-state index is -3.74. The summed E-state index contributed by atoms with van der Waals surface area (Å²) in [6, 6.07) is 3.92. The summed E-state index contributed by atoms with van der Waals surface area (Å²) in [5.74, 6) is 0. The number of aromatic nitrogens is 1. The Morgan fingerprint density at radius 3 is 2.79 bits per heavy atom. The smallest absolute Gasteiger partial charge is 0.242 e. The maximum absolute atomic E-state index is 12.0. The van der Waals surface area contributed by atoms with Gasteiger partial charge in [0.1, 0.15) is 16.7 Å². The molecule has 1 unspecified atom stereocenters. The number of hydrogen-bond donors (Lipinski definition) is 2. The molecule has 1 aromatic rings. The summed E-state index contributed by atoms with van der Waals surface area (Å²) in [5, 5.41) is 17.5. The fourth-order valence-electron chi connectivity index (χ4n) is 1.43. The normalized spacial score (nSPS) is 12.9. The van der Waals surface area contributed by atoms with Crippen LogP contribution in [0.4, 0.5) is 0 Å². The van der Waals surface area contributed by atoms with Crippen LogP contribution in [0.2, 0.25) is 0 Å². The molecule has 1 atom stereocenters. The van der Waals surface area contributed by atoms with Crippen LogP contribution in [-0.2, 0) is 14.8 Å². The number of methoxy groups -OCH3 is 1. The van der Waals surface area contributed by atoms with Crippen LogP contribution in [0.25, 0.3) is 0 Å². The molecule has 0 saturated heterocycles. The number of nitriles is 1. The van der Waals surface area contributed by atoms with Gasteiger partial charge >= 0.3 is 0 Å². The molecule has 0 aliphatic rings. The van der Waals surface area contributed by atoms with Gasteiger partial charge in [-0.3, -0.25) is 0 Å². The monoisotopic (exact) mass is 285 g/mol. The van der Waals surface area contributed by atoms with Crippen LogP contribution in [-0.4, -0.2) is 44.9 Å². The lowest BCUT2D eigenvalue weighted by Gasteiger charge is -2.16. The molecule has 8 heteroatoms. The third kappa shape index (κ3) is 4.57. The maximum atomic E-state index is 12.0. The van der Waals surface area contributed by atoms with E-state index in [9.17, 15) is 8.42 Å². The highest BCUT2D eigenvalue weighted by Crippen LogP contribution is 2.09. The van der Waals surface area contributed by atoms with Crippen LogP contribution >= 0.6 is 0 Å². The average Bonchev–Trinajstić information content (AvgIpc) is 2.39. The summed E-state index contributed by atoms with van der Waals surface area (Å²) in [7, 11) is -2.30. The molecular weight excluding hydrogens is 270 g/mol. The number of pyridine rings is 1. The fraction of sp³-hybridized carbons (Fsp3) is 0.455. The zero-order chi connectivity index (χ0) is 14.3. The van der Waals surface area contributed by atoms with Gasteiger partial charge in [0, 0.05) is 26.0 Å². The molecule has 0 radical (unpaired) electrons. The predicted molar refractivity (Wildman–Crippen MR) is 66.6 cm³/mol. The molecule has 0 aliphatic carbocycles. The lowest BCUT2D eigenvalue weighted by Crippen LogP contribution is -2.38. The molecule has 104 valence electrons. The van der Waals surface area contributed by atoms with Gasteiger partial charge in [-0.1, -0.05) is 0 Å². The predicted octanol–water partition coefficient (Wildman–Crippen LogP) is -0.371. The molecule has 0 amide bonds. The van der Waals surface area contributed by atoms with E-state index in [1.807, 2.05) is 6.07 Å². The number of rotatable bonds is 7. The molecule has 0 saturated carbocycles. The Balaban J connectivity index is 2.86. The van der Waals surface area contributed by atoms with Crippen LogP contribution < -0.4 is 4.72 Å². The molecule has 19 heavy (non-hydrogen) atoms. The first kappa shape index (κ1) is 15.5. The molecule has 2 N–H and O–H groups in total. The Kier molecular flexibility index (Phi) is 5.85. The van der Waals surface area contributed by atoms with E-state index in [1.165, 1.54) is 19.2 Å². The Labute approximate surface area is 111 Å². The lowest BCUT2D eigenvalue weighted by molar-refractivity contribution is 0.158.